The van der Waals surface area contributed by atoms with Crippen LogP contribution in [0.15, 0.2) is 60.7 Å². The van der Waals surface area contributed by atoms with Crippen LogP contribution in [-0.4, -0.2) is 60.7 Å². The first-order valence-electron chi connectivity index (χ1n) is 18.5. The summed E-state index contributed by atoms with van der Waals surface area (Å²) in [5.41, 5.74) is 2.39. The maximum Gasteiger partial charge on any atom is 0.332 e. The molecule has 0 aliphatic carbocycles. The van der Waals surface area contributed by atoms with Crippen molar-refractivity contribution in [2.24, 2.45) is 16.2 Å². The van der Waals surface area contributed by atoms with Crippen LogP contribution in [0.5, 0.6) is 11.5 Å². The number of hydrogen-bond acceptors (Lipinski definition) is 7. The number of amides is 5. The highest BCUT2D eigenvalue weighted by atomic mass is 35.5. The molecular formula is C43H55ClN4O7. The molecule has 1 aliphatic heterocycles. The first-order chi connectivity index (χ1) is 25.6. The smallest absolute Gasteiger partial charge is 0.332 e. The lowest BCUT2D eigenvalue weighted by Gasteiger charge is -2.29. The van der Waals surface area contributed by atoms with E-state index in [2.05, 4.69) is 64.3 Å². The molecule has 1 unspecified atom stereocenters. The normalized spacial score (nSPS) is 14.2. The van der Waals surface area contributed by atoms with Gasteiger partial charge in [0.1, 0.15) is 18.0 Å². The SMILES string of the molecule is COc1ccc(N2CC(=O)N(C(C(=O)Nc3cc(NC(=O)CCCOc4ccc(CC(C)(C)C)cc4CC(C)(C)C)ccc3Cl)C(=O)C(C)(C)C)C2=O)cc1. The van der Waals surface area contributed by atoms with E-state index in [-0.39, 0.29) is 40.4 Å². The van der Waals surface area contributed by atoms with Crippen LogP contribution in [-0.2, 0) is 32.0 Å². The molecule has 1 saturated heterocycles. The molecule has 1 atom stereocenters. The van der Waals surface area contributed by atoms with Gasteiger partial charge >= 0.3 is 6.03 Å². The molecular weight excluding hydrogens is 720 g/mol. The molecule has 0 bridgehead atoms. The molecule has 55 heavy (non-hydrogen) atoms. The van der Waals surface area contributed by atoms with E-state index in [0.29, 0.717) is 35.1 Å². The third-order valence-corrected chi connectivity index (χ3v) is 9.10. The molecule has 1 aliphatic rings. The molecule has 12 heteroatoms. The number of halogens is 1. The van der Waals surface area contributed by atoms with Gasteiger partial charge in [-0.1, -0.05) is 86.0 Å². The molecule has 3 aromatic rings. The number of carbonyl (C=O) groups is 5. The lowest BCUT2D eigenvalue weighted by Crippen LogP contribution is -2.55. The molecule has 11 nitrogen and oxygen atoms in total. The zero-order valence-corrected chi connectivity index (χ0v) is 34.5. The molecule has 1 fully saturated rings. The van der Waals surface area contributed by atoms with E-state index < -0.39 is 35.1 Å². The van der Waals surface area contributed by atoms with Crippen molar-refractivity contribution < 1.29 is 33.4 Å². The van der Waals surface area contributed by atoms with Gasteiger partial charge in [0.25, 0.3) is 11.8 Å². The van der Waals surface area contributed by atoms with E-state index in [0.717, 1.165) is 24.2 Å². The number of benzene rings is 3. The molecule has 5 amide bonds. The monoisotopic (exact) mass is 774 g/mol. The number of ketones is 1. The second-order valence-corrected chi connectivity index (χ2v) is 17.9. The van der Waals surface area contributed by atoms with Gasteiger partial charge in [-0.2, -0.15) is 0 Å². The minimum Gasteiger partial charge on any atom is -0.497 e. The number of hydrogen-bond donors (Lipinski definition) is 2. The second kappa shape index (κ2) is 17.3. The highest BCUT2D eigenvalue weighted by molar-refractivity contribution is 6.34. The van der Waals surface area contributed by atoms with Crippen LogP contribution >= 0.6 is 11.6 Å². The summed E-state index contributed by atoms with van der Waals surface area (Å²) >= 11 is 6.46. The first-order valence-corrected chi connectivity index (χ1v) is 18.9. The van der Waals surface area contributed by atoms with Gasteiger partial charge in [-0.25, -0.2) is 9.69 Å². The highest BCUT2D eigenvalue weighted by Crippen LogP contribution is 2.33. The summed E-state index contributed by atoms with van der Waals surface area (Å²) in [6.45, 7) is 18.0. The number of nitrogens with zero attached hydrogens (tertiary/aromatic N) is 2. The van der Waals surface area contributed by atoms with Crippen LogP contribution in [0, 0.1) is 16.2 Å². The molecule has 2 N–H and O–H groups in total. The molecule has 0 saturated carbocycles. The van der Waals surface area contributed by atoms with E-state index in [4.69, 9.17) is 21.1 Å². The Morgan fingerprint density at radius 1 is 0.836 bits per heavy atom. The maximum atomic E-state index is 13.9. The molecule has 0 aromatic heterocycles. The Morgan fingerprint density at radius 2 is 1.49 bits per heavy atom. The number of rotatable bonds is 14. The Morgan fingerprint density at radius 3 is 2.09 bits per heavy atom. The van der Waals surface area contributed by atoms with Gasteiger partial charge in [0.15, 0.2) is 11.8 Å². The Hall–Kier alpha value is -4.90. The fourth-order valence-corrected chi connectivity index (χ4v) is 6.41. The number of carbonyl (C=O) groups excluding carboxylic acids is 5. The molecule has 0 spiro atoms. The van der Waals surface area contributed by atoms with Crippen molar-refractivity contribution in [2.75, 3.05) is 35.8 Å². The van der Waals surface area contributed by atoms with Gasteiger partial charge in [0.2, 0.25) is 5.91 Å². The molecule has 4 rings (SSSR count). The van der Waals surface area contributed by atoms with Gasteiger partial charge in [0, 0.05) is 23.2 Å². The summed E-state index contributed by atoms with van der Waals surface area (Å²) < 4.78 is 11.4. The lowest BCUT2D eigenvalue weighted by molar-refractivity contribution is -0.143. The third-order valence-electron chi connectivity index (χ3n) is 8.77. The average molecular weight is 775 g/mol. The van der Waals surface area contributed by atoms with Crippen molar-refractivity contribution in [3.63, 3.8) is 0 Å². The minimum atomic E-state index is -1.78. The predicted octanol–water partition coefficient (Wildman–Crippen LogP) is 8.71. The average Bonchev–Trinajstić information content (AvgIpc) is 3.36. The lowest BCUT2D eigenvalue weighted by atomic mass is 9.84. The highest BCUT2D eigenvalue weighted by Gasteiger charge is 2.49. The van der Waals surface area contributed by atoms with Crippen LogP contribution in [0.3, 0.4) is 0 Å². The zero-order valence-electron chi connectivity index (χ0n) is 33.7. The summed E-state index contributed by atoms with van der Waals surface area (Å²) in [6.07, 6.45) is 2.45. The van der Waals surface area contributed by atoms with Gasteiger partial charge in [0.05, 0.1) is 24.4 Å². The fourth-order valence-electron chi connectivity index (χ4n) is 6.24. The number of urea groups is 1. The quantitative estimate of drug-likeness (QED) is 0.0951. The van der Waals surface area contributed by atoms with Crippen molar-refractivity contribution in [1.29, 1.82) is 0 Å². The zero-order chi connectivity index (χ0) is 40.9. The Balaban J connectivity index is 1.42. The van der Waals surface area contributed by atoms with Crippen molar-refractivity contribution in [2.45, 2.75) is 94.0 Å². The van der Waals surface area contributed by atoms with Crippen LogP contribution < -0.4 is 25.0 Å². The predicted molar refractivity (Wildman–Crippen MR) is 217 cm³/mol. The Labute approximate surface area is 330 Å². The molecule has 0 radical (unpaired) electrons. The number of Topliss-reactive ketones (excluding diaryl/α,β-unsaturated/α-hetero) is 1. The van der Waals surface area contributed by atoms with E-state index in [1.54, 1.807) is 51.1 Å². The van der Waals surface area contributed by atoms with Gasteiger partial charge < -0.3 is 20.1 Å². The summed E-state index contributed by atoms with van der Waals surface area (Å²) in [7, 11) is 1.51. The molecule has 1 heterocycles. The van der Waals surface area contributed by atoms with Gasteiger partial charge in [-0.3, -0.25) is 24.1 Å². The van der Waals surface area contributed by atoms with Gasteiger partial charge in [-0.15, -0.1) is 0 Å². The van der Waals surface area contributed by atoms with Crippen molar-refractivity contribution in [1.82, 2.24) is 4.90 Å². The second-order valence-electron chi connectivity index (χ2n) is 17.4. The van der Waals surface area contributed by atoms with Crippen LogP contribution in [0.2, 0.25) is 5.02 Å². The molecule has 296 valence electrons. The topological polar surface area (TPSA) is 134 Å². The Kier molecular flexibility index (Phi) is 13.5. The van der Waals surface area contributed by atoms with E-state index in [9.17, 15) is 24.0 Å². The van der Waals surface area contributed by atoms with Crippen LogP contribution in [0.25, 0.3) is 0 Å². The van der Waals surface area contributed by atoms with Gasteiger partial charge in [-0.05, 0) is 89.8 Å². The number of methoxy groups -OCH3 is 1. The number of ether oxygens (including phenoxy) is 2. The van der Waals surface area contributed by atoms with Crippen LogP contribution in [0.1, 0.15) is 86.3 Å². The van der Waals surface area contributed by atoms with Crippen molar-refractivity contribution in [3.8, 4) is 11.5 Å². The largest absolute Gasteiger partial charge is 0.497 e. The summed E-state index contributed by atoms with van der Waals surface area (Å²) in [5.74, 6) is -1.17. The minimum absolute atomic E-state index is 0.0698. The summed E-state index contributed by atoms with van der Waals surface area (Å²) in [6, 6.07) is 14.8. The summed E-state index contributed by atoms with van der Waals surface area (Å²) in [5, 5.41) is 5.58. The third kappa shape index (κ3) is 11.8. The summed E-state index contributed by atoms with van der Waals surface area (Å²) in [4.78, 5) is 69.4. The Bertz CT molecular complexity index is 1910. The van der Waals surface area contributed by atoms with Crippen molar-refractivity contribution in [3.05, 3.63) is 76.8 Å². The maximum absolute atomic E-state index is 13.9. The number of imide groups is 1. The van der Waals surface area contributed by atoms with E-state index in [1.807, 2.05) is 6.07 Å². The van der Waals surface area contributed by atoms with E-state index >= 15 is 0 Å². The number of anilines is 3. The molecule has 3 aromatic carbocycles. The number of nitrogens with one attached hydrogen (secondary N) is 2. The van der Waals surface area contributed by atoms with Crippen LogP contribution in [0.4, 0.5) is 21.9 Å². The fraction of sp³-hybridized carbons (Fsp3) is 0.465. The van der Waals surface area contributed by atoms with Crippen molar-refractivity contribution >= 4 is 58.2 Å². The standard InChI is InChI=1S/C43H55ClN4O7/c1-41(2,3)24-27-13-20-34(28(22-27)25-42(4,5)6)55-21-11-12-35(49)45-29-14-19-32(44)33(23-29)46-39(52)37(38(51)43(7,8)9)48-36(50)26-47(40(48)53)30-15-17-31(54-10)18-16-30/h13-20,22-23,37H,11-12,21,24-26H2,1-10H3,(H,45,49)(H,46,52). The van der Waals surface area contributed by atoms with E-state index in [1.165, 1.54) is 29.7 Å². The first kappa shape index (κ1) is 42.8.